The molecule has 1 heterocycles. The molecule has 0 N–H and O–H groups in total. The van der Waals surface area contributed by atoms with E-state index in [4.69, 9.17) is 0 Å². The molecule has 0 saturated carbocycles. The highest BCUT2D eigenvalue weighted by Gasteiger charge is 1.96. The van der Waals surface area contributed by atoms with E-state index < -0.39 is 0 Å². The summed E-state index contributed by atoms with van der Waals surface area (Å²) in [4.78, 5) is 1.14. The van der Waals surface area contributed by atoms with Crippen molar-refractivity contribution in [3.8, 4) is 0 Å². The van der Waals surface area contributed by atoms with Gasteiger partial charge in [0.2, 0.25) is 0 Å². The SMILES string of the molecule is [CH2]c1cc2cc(C)ccc2s1. The Kier molecular flexibility index (Phi) is 1.46. The summed E-state index contributed by atoms with van der Waals surface area (Å²) in [7, 11) is 0. The predicted molar refractivity (Wildman–Crippen MR) is 51.0 cm³/mol. The molecule has 0 aliphatic carbocycles. The van der Waals surface area contributed by atoms with E-state index in [-0.39, 0.29) is 0 Å². The van der Waals surface area contributed by atoms with Gasteiger partial charge < -0.3 is 0 Å². The zero-order valence-corrected chi connectivity index (χ0v) is 7.24. The fraction of sp³-hybridized carbons (Fsp3) is 0.100. The fourth-order valence-corrected chi connectivity index (χ4v) is 2.06. The van der Waals surface area contributed by atoms with Gasteiger partial charge in [-0.25, -0.2) is 0 Å². The van der Waals surface area contributed by atoms with Gasteiger partial charge in [0.05, 0.1) is 0 Å². The van der Waals surface area contributed by atoms with Crippen molar-refractivity contribution in [1.82, 2.24) is 0 Å². The van der Waals surface area contributed by atoms with E-state index in [0.717, 1.165) is 4.88 Å². The maximum absolute atomic E-state index is 3.91. The second-order valence-electron chi connectivity index (χ2n) is 2.75. The summed E-state index contributed by atoms with van der Waals surface area (Å²) < 4.78 is 1.33. The third kappa shape index (κ3) is 1.16. The average molecular weight is 161 g/mol. The van der Waals surface area contributed by atoms with Gasteiger partial charge in [0, 0.05) is 9.58 Å². The van der Waals surface area contributed by atoms with E-state index in [1.54, 1.807) is 11.3 Å². The van der Waals surface area contributed by atoms with Crippen LogP contribution in [0, 0.1) is 13.8 Å². The molecule has 0 unspecified atom stereocenters. The summed E-state index contributed by atoms with van der Waals surface area (Å²) in [6, 6.07) is 8.62. The smallest absolute Gasteiger partial charge is 0.0345 e. The minimum Gasteiger partial charge on any atom is -0.140 e. The minimum absolute atomic E-state index is 1.14. The topological polar surface area (TPSA) is 0 Å². The molecule has 2 rings (SSSR count). The zero-order valence-electron chi connectivity index (χ0n) is 6.42. The Morgan fingerprint density at radius 3 is 2.91 bits per heavy atom. The van der Waals surface area contributed by atoms with E-state index in [0.29, 0.717) is 0 Å². The van der Waals surface area contributed by atoms with Crippen LogP contribution in [0.5, 0.6) is 0 Å². The van der Waals surface area contributed by atoms with Crippen molar-refractivity contribution in [3.05, 3.63) is 41.6 Å². The monoisotopic (exact) mass is 161 g/mol. The maximum Gasteiger partial charge on any atom is 0.0345 e. The molecule has 1 aromatic heterocycles. The van der Waals surface area contributed by atoms with Crippen LogP contribution in [0.4, 0.5) is 0 Å². The quantitative estimate of drug-likeness (QED) is 0.555. The Morgan fingerprint density at radius 2 is 2.09 bits per heavy atom. The van der Waals surface area contributed by atoms with Crippen molar-refractivity contribution in [3.63, 3.8) is 0 Å². The van der Waals surface area contributed by atoms with Crippen molar-refractivity contribution in [2.24, 2.45) is 0 Å². The molecule has 0 atom stereocenters. The third-order valence-electron chi connectivity index (χ3n) is 1.72. The summed E-state index contributed by atoms with van der Waals surface area (Å²) in [5, 5.41) is 1.32. The molecule has 0 spiro atoms. The van der Waals surface area contributed by atoms with Crippen LogP contribution in [0.2, 0.25) is 0 Å². The van der Waals surface area contributed by atoms with Gasteiger partial charge in [0.15, 0.2) is 0 Å². The lowest BCUT2D eigenvalue weighted by Crippen LogP contribution is -1.67. The van der Waals surface area contributed by atoms with Gasteiger partial charge >= 0.3 is 0 Å². The lowest BCUT2D eigenvalue weighted by atomic mass is 10.2. The molecule has 1 heteroatoms. The Balaban J connectivity index is 2.82. The number of hydrogen-bond donors (Lipinski definition) is 0. The van der Waals surface area contributed by atoms with Gasteiger partial charge in [-0.2, -0.15) is 0 Å². The van der Waals surface area contributed by atoms with Gasteiger partial charge in [0.25, 0.3) is 0 Å². The van der Waals surface area contributed by atoms with Crippen molar-refractivity contribution >= 4 is 21.4 Å². The molecule has 0 bridgehead atoms. The lowest BCUT2D eigenvalue weighted by Gasteiger charge is -1.89. The average Bonchev–Trinajstić information content (AvgIpc) is 2.27. The fourth-order valence-electron chi connectivity index (χ4n) is 1.22. The first-order valence-electron chi connectivity index (χ1n) is 3.58. The molecule has 55 valence electrons. The summed E-state index contributed by atoms with van der Waals surface area (Å²) in [5.74, 6) is 0. The van der Waals surface area contributed by atoms with Crippen LogP contribution >= 0.6 is 11.3 Å². The summed E-state index contributed by atoms with van der Waals surface area (Å²) in [6.45, 7) is 6.02. The molecule has 1 aromatic carbocycles. The van der Waals surface area contributed by atoms with E-state index >= 15 is 0 Å². The van der Waals surface area contributed by atoms with Gasteiger partial charge in [-0.15, -0.1) is 11.3 Å². The molecule has 0 aliphatic rings. The lowest BCUT2D eigenvalue weighted by molar-refractivity contribution is 1.51. The first kappa shape index (κ1) is 6.86. The van der Waals surface area contributed by atoms with E-state index in [1.165, 1.54) is 15.6 Å². The van der Waals surface area contributed by atoms with Gasteiger partial charge in [-0.05, 0) is 31.4 Å². The second kappa shape index (κ2) is 2.35. The maximum atomic E-state index is 3.91. The van der Waals surface area contributed by atoms with E-state index in [2.05, 4.69) is 38.1 Å². The third-order valence-corrected chi connectivity index (χ3v) is 2.69. The highest BCUT2D eigenvalue weighted by molar-refractivity contribution is 7.19. The number of fused-ring (bicyclic) bond motifs is 1. The molecular formula is C10H9S. The van der Waals surface area contributed by atoms with Crippen LogP contribution in [0.1, 0.15) is 10.4 Å². The van der Waals surface area contributed by atoms with Crippen molar-refractivity contribution in [2.75, 3.05) is 0 Å². The molecule has 0 aliphatic heterocycles. The summed E-state index contributed by atoms with van der Waals surface area (Å²) in [6.07, 6.45) is 0. The number of aryl methyl sites for hydroxylation is 1. The molecule has 0 amide bonds. The molecule has 0 saturated heterocycles. The standard InChI is InChI=1S/C10H9S/c1-7-3-4-10-9(5-7)6-8(2)11-10/h3-6H,2H2,1H3. The highest BCUT2D eigenvalue weighted by Crippen LogP contribution is 2.25. The molecule has 0 fully saturated rings. The largest absolute Gasteiger partial charge is 0.140 e. The Morgan fingerprint density at radius 1 is 1.27 bits per heavy atom. The summed E-state index contributed by atoms with van der Waals surface area (Å²) in [5.41, 5.74) is 1.32. The number of hydrogen-bond acceptors (Lipinski definition) is 1. The predicted octanol–water partition coefficient (Wildman–Crippen LogP) is 3.39. The van der Waals surface area contributed by atoms with Crippen LogP contribution in [0.3, 0.4) is 0 Å². The van der Waals surface area contributed by atoms with Crippen molar-refractivity contribution in [2.45, 2.75) is 6.92 Å². The van der Waals surface area contributed by atoms with Gasteiger partial charge in [0.1, 0.15) is 0 Å². The molecule has 2 aromatic rings. The molecule has 0 nitrogen and oxygen atoms in total. The first-order valence-corrected chi connectivity index (χ1v) is 4.39. The Bertz CT molecular complexity index is 385. The van der Waals surface area contributed by atoms with Crippen LogP contribution in [-0.2, 0) is 0 Å². The van der Waals surface area contributed by atoms with Crippen LogP contribution in [0.25, 0.3) is 10.1 Å². The van der Waals surface area contributed by atoms with Gasteiger partial charge in [-0.1, -0.05) is 17.7 Å². The number of rotatable bonds is 0. The van der Waals surface area contributed by atoms with E-state index in [1.807, 2.05) is 0 Å². The Hall–Kier alpha value is -0.820. The number of thiophene rings is 1. The summed E-state index contributed by atoms with van der Waals surface area (Å²) >= 11 is 1.75. The van der Waals surface area contributed by atoms with Crippen molar-refractivity contribution in [1.29, 1.82) is 0 Å². The molecule has 1 radical (unpaired) electrons. The second-order valence-corrected chi connectivity index (χ2v) is 3.92. The van der Waals surface area contributed by atoms with Gasteiger partial charge in [-0.3, -0.25) is 0 Å². The molecular weight excluding hydrogens is 152 g/mol. The minimum atomic E-state index is 1.14. The molecule has 11 heavy (non-hydrogen) atoms. The van der Waals surface area contributed by atoms with E-state index in [9.17, 15) is 0 Å². The van der Waals surface area contributed by atoms with Crippen molar-refractivity contribution < 1.29 is 0 Å². The normalized spacial score (nSPS) is 10.7. The van der Waals surface area contributed by atoms with Crippen LogP contribution in [-0.4, -0.2) is 0 Å². The van der Waals surface area contributed by atoms with Crippen LogP contribution < -0.4 is 0 Å². The highest BCUT2D eigenvalue weighted by atomic mass is 32.1. The first-order chi connectivity index (χ1) is 5.25. The zero-order chi connectivity index (χ0) is 7.84. The number of benzene rings is 1. The van der Waals surface area contributed by atoms with Crippen LogP contribution in [0.15, 0.2) is 24.3 Å². The Labute approximate surface area is 70.5 Å².